The Kier molecular flexibility index (Phi) is 5.27. The predicted octanol–water partition coefficient (Wildman–Crippen LogP) is 1.15. The summed E-state index contributed by atoms with van der Waals surface area (Å²) in [6, 6.07) is 7.77. The van der Waals surface area contributed by atoms with E-state index in [1.54, 1.807) is 18.2 Å². The van der Waals surface area contributed by atoms with Crippen molar-refractivity contribution >= 4 is 24.6 Å². The van der Waals surface area contributed by atoms with Crippen LogP contribution in [0, 0.1) is 5.92 Å². The molecule has 0 spiro atoms. The first-order valence-corrected chi connectivity index (χ1v) is 7.49. The number of carboxylic acids is 2. The van der Waals surface area contributed by atoms with Crippen molar-refractivity contribution in [2.75, 3.05) is 6.16 Å². The minimum Gasteiger partial charge on any atom is -0.481 e. The van der Waals surface area contributed by atoms with Crippen LogP contribution in [0.5, 0.6) is 0 Å². The van der Waals surface area contributed by atoms with E-state index < -0.39 is 31.4 Å². The van der Waals surface area contributed by atoms with Crippen molar-refractivity contribution in [3.05, 3.63) is 30.3 Å². The van der Waals surface area contributed by atoms with Gasteiger partial charge in [-0.05, 0) is 18.6 Å². The molecule has 1 aromatic carbocycles. The predicted molar refractivity (Wildman–Crippen MR) is 68.8 cm³/mol. The second-order valence-corrected chi connectivity index (χ2v) is 6.47. The van der Waals surface area contributed by atoms with E-state index in [1.165, 1.54) is 12.1 Å². The fourth-order valence-electron chi connectivity index (χ4n) is 1.66. The molecular formula is C12H15O6P. The zero-order chi connectivity index (χ0) is 14.5. The van der Waals surface area contributed by atoms with Crippen LogP contribution in [-0.2, 0) is 14.2 Å². The first-order chi connectivity index (χ1) is 8.83. The Morgan fingerprint density at radius 3 is 2.21 bits per heavy atom. The summed E-state index contributed by atoms with van der Waals surface area (Å²) in [7, 11) is -3.79. The minimum absolute atomic E-state index is 0.165. The van der Waals surface area contributed by atoms with Crippen molar-refractivity contribution in [2.24, 2.45) is 5.92 Å². The van der Waals surface area contributed by atoms with Crippen molar-refractivity contribution in [3.8, 4) is 0 Å². The molecule has 6 nitrogen and oxygen atoms in total. The maximum Gasteiger partial charge on any atom is 0.307 e. The van der Waals surface area contributed by atoms with E-state index in [1.807, 2.05) is 0 Å². The van der Waals surface area contributed by atoms with Crippen LogP contribution < -0.4 is 5.30 Å². The van der Waals surface area contributed by atoms with Gasteiger partial charge in [0.05, 0.1) is 5.92 Å². The van der Waals surface area contributed by atoms with E-state index in [0.717, 1.165) is 0 Å². The van der Waals surface area contributed by atoms with Crippen molar-refractivity contribution in [2.45, 2.75) is 12.8 Å². The fourth-order valence-corrected chi connectivity index (χ4v) is 3.44. The maximum atomic E-state index is 12.1. The van der Waals surface area contributed by atoms with E-state index in [9.17, 15) is 19.0 Å². The third-order valence-electron chi connectivity index (χ3n) is 2.68. The van der Waals surface area contributed by atoms with Gasteiger partial charge >= 0.3 is 11.9 Å². The molecular weight excluding hydrogens is 271 g/mol. The molecule has 2 atom stereocenters. The highest BCUT2D eigenvalue weighted by molar-refractivity contribution is 7.66. The van der Waals surface area contributed by atoms with Crippen LogP contribution in [0.25, 0.3) is 0 Å². The van der Waals surface area contributed by atoms with Crippen LogP contribution in [0.15, 0.2) is 30.3 Å². The molecule has 0 heterocycles. The summed E-state index contributed by atoms with van der Waals surface area (Å²) in [5.41, 5.74) is 0. The normalized spacial score (nSPS) is 15.4. The number of hydrogen-bond donors (Lipinski definition) is 3. The number of benzene rings is 1. The third kappa shape index (κ3) is 4.85. The van der Waals surface area contributed by atoms with Crippen LogP contribution in [0.1, 0.15) is 12.8 Å². The van der Waals surface area contributed by atoms with Gasteiger partial charge in [-0.2, -0.15) is 0 Å². The summed E-state index contributed by atoms with van der Waals surface area (Å²) in [5, 5.41) is 17.7. The van der Waals surface area contributed by atoms with Gasteiger partial charge in [0, 0.05) is 17.9 Å². The summed E-state index contributed by atoms with van der Waals surface area (Å²) >= 11 is 0. The Morgan fingerprint density at radius 1 is 1.16 bits per heavy atom. The largest absolute Gasteiger partial charge is 0.481 e. The highest BCUT2D eigenvalue weighted by Gasteiger charge is 2.30. The smallest absolute Gasteiger partial charge is 0.307 e. The van der Waals surface area contributed by atoms with Crippen LogP contribution >= 0.6 is 7.37 Å². The Hall–Kier alpha value is -1.65. The molecule has 0 aliphatic heterocycles. The number of rotatable bonds is 7. The Balaban J connectivity index is 2.81. The molecule has 3 N–H and O–H groups in total. The molecule has 0 saturated carbocycles. The van der Waals surface area contributed by atoms with Crippen LogP contribution in [0.2, 0.25) is 0 Å². The lowest BCUT2D eigenvalue weighted by Gasteiger charge is -2.16. The zero-order valence-electron chi connectivity index (χ0n) is 10.1. The van der Waals surface area contributed by atoms with E-state index in [2.05, 4.69) is 0 Å². The maximum absolute atomic E-state index is 12.1. The molecule has 1 rings (SSSR count). The van der Waals surface area contributed by atoms with Gasteiger partial charge in [0.15, 0.2) is 0 Å². The van der Waals surface area contributed by atoms with Crippen molar-refractivity contribution < 1.29 is 29.3 Å². The Bertz CT molecular complexity index is 498. The number of aliphatic carboxylic acids is 2. The van der Waals surface area contributed by atoms with Gasteiger partial charge in [0.25, 0.3) is 0 Å². The van der Waals surface area contributed by atoms with Crippen LogP contribution in [0.3, 0.4) is 0 Å². The third-order valence-corrected chi connectivity index (χ3v) is 4.72. The van der Waals surface area contributed by atoms with Gasteiger partial charge in [-0.1, -0.05) is 18.2 Å². The summed E-state index contributed by atoms with van der Waals surface area (Å²) in [6.45, 7) is 0. The van der Waals surface area contributed by atoms with Gasteiger partial charge in [-0.15, -0.1) is 0 Å². The van der Waals surface area contributed by atoms with Crippen LogP contribution in [-0.4, -0.2) is 33.2 Å². The monoisotopic (exact) mass is 286 g/mol. The number of carboxylic acid groups (broad SMARTS) is 2. The van der Waals surface area contributed by atoms with Crippen LogP contribution in [0.4, 0.5) is 0 Å². The summed E-state index contributed by atoms with van der Waals surface area (Å²) in [6.07, 6.45) is -0.965. The average Bonchev–Trinajstić information content (AvgIpc) is 2.35. The van der Waals surface area contributed by atoms with Crippen molar-refractivity contribution in [1.82, 2.24) is 0 Å². The van der Waals surface area contributed by atoms with Gasteiger partial charge in [-0.25, -0.2) is 0 Å². The lowest BCUT2D eigenvalue weighted by atomic mass is 10.1. The topological polar surface area (TPSA) is 112 Å². The van der Waals surface area contributed by atoms with Gasteiger partial charge in [0.2, 0.25) is 7.37 Å². The van der Waals surface area contributed by atoms with E-state index in [-0.39, 0.29) is 18.1 Å². The minimum atomic E-state index is -3.79. The molecule has 0 amide bonds. The number of hydrogen-bond acceptors (Lipinski definition) is 3. The van der Waals surface area contributed by atoms with Crippen molar-refractivity contribution in [3.63, 3.8) is 0 Å². The van der Waals surface area contributed by atoms with Gasteiger partial charge in [-0.3, -0.25) is 14.2 Å². The summed E-state index contributed by atoms with van der Waals surface area (Å²) in [4.78, 5) is 31.3. The highest BCUT2D eigenvalue weighted by atomic mass is 31.2. The second kappa shape index (κ2) is 6.50. The highest BCUT2D eigenvalue weighted by Crippen LogP contribution is 2.42. The lowest BCUT2D eigenvalue weighted by molar-refractivity contribution is -0.142. The van der Waals surface area contributed by atoms with E-state index >= 15 is 0 Å². The van der Waals surface area contributed by atoms with E-state index in [0.29, 0.717) is 0 Å². The fraction of sp³-hybridized carbons (Fsp3) is 0.333. The first-order valence-electron chi connectivity index (χ1n) is 5.65. The van der Waals surface area contributed by atoms with Gasteiger partial charge in [0.1, 0.15) is 0 Å². The molecule has 0 aromatic heterocycles. The number of carbonyl (C=O) groups is 2. The molecule has 0 radical (unpaired) electrons. The second-order valence-electron chi connectivity index (χ2n) is 4.19. The molecule has 0 bridgehead atoms. The SMILES string of the molecule is O=C(O)CCC(CP(=O)(O)c1ccccc1)C(=O)O. The molecule has 2 unspecified atom stereocenters. The molecule has 104 valence electrons. The summed E-state index contributed by atoms with van der Waals surface area (Å²) < 4.78 is 12.1. The Morgan fingerprint density at radius 2 is 1.74 bits per heavy atom. The van der Waals surface area contributed by atoms with Gasteiger partial charge < -0.3 is 15.1 Å². The summed E-state index contributed by atoms with van der Waals surface area (Å²) in [5.74, 6) is -3.53. The zero-order valence-corrected chi connectivity index (χ0v) is 11.0. The van der Waals surface area contributed by atoms with E-state index in [4.69, 9.17) is 10.2 Å². The standard InChI is InChI=1S/C12H15O6P/c13-11(14)7-6-9(12(15)16)8-19(17,18)10-4-2-1-3-5-10/h1-5,9H,6-8H2,(H,13,14)(H,15,16)(H,17,18). The average molecular weight is 286 g/mol. The quantitative estimate of drug-likeness (QED) is 0.648. The molecule has 0 saturated heterocycles. The molecule has 1 aromatic rings. The molecule has 19 heavy (non-hydrogen) atoms. The molecule has 0 aliphatic carbocycles. The Labute approximate surface area is 110 Å². The first kappa shape index (κ1) is 15.4. The molecule has 0 aliphatic rings. The molecule has 7 heteroatoms. The lowest BCUT2D eigenvalue weighted by Crippen LogP contribution is -2.22. The van der Waals surface area contributed by atoms with Crippen molar-refractivity contribution in [1.29, 1.82) is 0 Å². The molecule has 0 fully saturated rings.